The quantitative estimate of drug-likeness (QED) is 0.692. The highest BCUT2D eigenvalue weighted by atomic mass is 35.5. The summed E-state index contributed by atoms with van der Waals surface area (Å²) in [5.41, 5.74) is 6.22. The Labute approximate surface area is 75.3 Å². The highest BCUT2D eigenvalue weighted by molar-refractivity contribution is 6.32. The molecular weight excluding hydrogens is 183 g/mol. The lowest BCUT2D eigenvalue weighted by Gasteiger charge is -2.05. The fourth-order valence-corrected chi connectivity index (χ4v) is 1.18. The lowest BCUT2D eigenvalue weighted by molar-refractivity contribution is 0.781. The summed E-state index contributed by atoms with van der Waals surface area (Å²) in [7, 11) is 0. The van der Waals surface area contributed by atoms with E-state index in [0.29, 0.717) is 15.9 Å². The molecule has 1 unspecified atom stereocenters. The average molecular weight is 191 g/mol. The lowest BCUT2D eigenvalue weighted by Crippen LogP contribution is -2.07. The second-order valence-electron chi connectivity index (χ2n) is 2.29. The first kappa shape index (κ1) is 8.78. The van der Waals surface area contributed by atoms with E-state index in [2.05, 4.69) is 4.98 Å². The van der Waals surface area contributed by atoms with Gasteiger partial charge in [0.25, 0.3) is 0 Å². The molecule has 11 heavy (non-hydrogen) atoms. The van der Waals surface area contributed by atoms with Crippen LogP contribution >= 0.6 is 23.2 Å². The fraction of sp³-hybridized carbons (Fsp3) is 0.286. The van der Waals surface area contributed by atoms with Crippen LogP contribution in [0, 0.1) is 0 Å². The molecule has 0 radical (unpaired) electrons. The maximum Gasteiger partial charge on any atom is 0.129 e. The van der Waals surface area contributed by atoms with Gasteiger partial charge in [0.15, 0.2) is 0 Å². The van der Waals surface area contributed by atoms with Crippen molar-refractivity contribution in [1.82, 2.24) is 4.98 Å². The number of halogens is 2. The van der Waals surface area contributed by atoms with Gasteiger partial charge in [0.05, 0.1) is 10.7 Å². The van der Waals surface area contributed by atoms with Gasteiger partial charge in [-0.2, -0.15) is 0 Å². The molecule has 1 aromatic rings. The molecule has 1 heterocycles. The Bertz CT molecular complexity index is 261. The average Bonchev–Trinajstić information content (AvgIpc) is 1.94. The molecule has 60 valence electrons. The molecule has 1 atom stereocenters. The van der Waals surface area contributed by atoms with Gasteiger partial charge in [-0.05, 0) is 19.1 Å². The molecule has 4 heteroatoms. The zero-order chi connectivity index (χ0) is 8.43. The minimum atomic E-state index is -0.179. The van der Waals surface area contributed by atoms with Crippen molar-refractivity contribution in [3.05, 3.63) is 28.0 Å². The second-order valence-corrected chi connectivity index (χ2v) is 3.08. The van der Waals surface area contributed by atoms with Crippen LogP contribution in [0.3, 0.4) is 0 Å². The first-order chi connectivity index (χ1) is 5.11. The van der Waals surface area contributed by atoms with Crippen LogP contribution < -0.4 is 5.73 Å². The van der Waals surface area contributed by atoms with Crippen molar-refractivity contribution >= 4 is 23.2 Å². The summed E-state index contributed by atoms with van der Waals surface area (Å²) in [5, 5.41) is 0.978. The van der Waals surface area contributed by atoms with Crippen molar-refractivity contribution in [2.45, 2.75) is 13.0 Å². The molecule has 1 aromatic heterocycles. The van der Waals surface area contributed by atoms with E-state index in [4.69, 9.17) is 28.9 Å². The molecule has 0 aromatic carbocycles. The molecule has 2 nitrogen and oxygen atoms in total. The first-order valence-electron chi connectivity index (χ1n) is 3.19. The number of aromatic nitrogens is 1. The zero-order valence-corrected chi connectivity index (χ0v) is 7.52. The number of hydrogen-bond acceptors (Lipinski definition) is 2. The maximum absolute atomic E-state index is 5.79. The van der Waals surface area contributed by atoms with Crippen LogP contribution in [0.4, 0.5) is 0 Å². The lowest BCUT2D eigenvalue weighted by atomic mass is 10.2. The number of nitrogens with two attached hydrogens (primary N) is 1. The van der Waals surface area contributed by atoms with Crippen molar-refractivity contribution in [2.75, 3.05) is 0 Å². The Hall–Kier alpha value is -0.310. The summed E-state index contributed by atoms with van der Waals surface area (Å²) in [4.78, 5) is 3.98. The largest absolute Gasteiger partial charge is 0.323 e. The van der Waals surface area contributed by atoms with Gasteiger partial charge in [-0.3, -0.25) is 0 Å². The van der Waals surface area contributed by atoms with E-state index in [1.165, 1.54) is 0 Å². The van der Waals surface area contributed by atoms with Crippen LogP contribution in [0.2, 0.25) is 10.2 Å². The highest BCUT2D eigenvalue weighted by Gasteiger charge is 2.06. The van der Waals surface area contributed by atoms with E-state index in [0.717, 1.165) is 0 Å². The normalized spacial score (nSPS) is 13.1. The van der Waals surface area contributed by atoms with Gasteiger partial charge >= 0.3 is 0 Å². The molecule has 0 fully saturated rings. The summed E-state index contributed by atoms with van der Waals surface area (Å²) in [6.45, 7) is 1.81. The van der Waals surface area contributed by atoms with Crippen LogP contribution in [0.1, 0.15) is 18.7 Å². The Morgan fingerprint density at radius 2 is 2.09 bits per heavy atom. The molecule has 0 saturated carbocycles. The van der Waals surface area contributed by atoms with Gasteiger partial charge in [-0.1, -0.05) is 23.2 Å². The highest BCUT2D eigenvalue weighted by Crippen LogP contribution is 2.20. The first-order valence-corrected chi connectivity index (χ1v) is 3.94. The number of hydrogen-bond donors (Lipinski definition) is 1. The summed E-state index contributed by atoms with van der Waals surface area (Å²) in [5.74, 6) is 0. The minimum Gasteiger partial charge on any atom is -0.323 e. The van der Waals surface area contributed by atoms with Gasteiger partial charge in [-0.15, -0.1) is 0 Å². The van der Waals surface area contributed by atoms with E-state index in [1.54, 1.807) is 12.1 Å². The van der Waals surface area contributed by atoms with Gasteiger partial charge in [0.2, 0.25) is 0 Å². The minimum absolute atomic E-state index is 0.179. The fourth-order valence-electron chi connectivity index (χ4n) is 0.752. The molecule has 0 amide bonds. The molecule has 0 bridgehead atoms. The second kappa shape index (κ2) is 3.39. The molecule has 0 aliphatic carbocycles. The molecule has 0 aliphatic rings. The van der Waals surface area contributed by atoms with Crippen LogP contribution in [0.5, 0.6) is 0 Å². The monoisotopic (exact) mass is 190 g/mol. The number of nitrogens with zero attached hydrogens (tertiary/aromatic N) is 1. The van der Waals surface area contributed by atoms with Crippen LogP contribution in [0.25, 0.3) is 0 Å². The summed E-state index contributed by atoms with van der Waals surface area (Å²) < 4.78 is 0. The van der Waals surface area contributed by atoms with Crippen molar-refractivity contribution in [1.29, 1.82) is 0 Å². The maximum atomic E-state index is 5.79. The molecule has 0 spiro atoms. The summed E-state index contributed by atoms with van der Waals surface area (Å²) in [6, 6.07) is 3.15. The zero-order valence-electron chi connectivity index (χ0n) is 6.01. The van der Waals surface area contributed by atoms with Crippen molar-refractivity contribution < 1.29 is 0 Å². The third-order valence-electron chi connectivity index (χ3n) is 1.27. The predicted molar refractivity (Wildman–Crippen MR) is 46.9 cm³/mol. The van der Waals surface area contributed by atoms with Crippen molar-refractivity contribution in [2.24, 2.45) is 5.73 Å². The third-order valence-corrected chi connectivity index (χ3v) is 1.80. The Morgan fingerprint density at radius 3 is 2.55 bits per heavy atom. The topological polar surface area (TPSA) is 38.9 Å². The van der Waals surface area contributed by atoms with E-state index in [1.807, 2.05) is 6.92 Å². The Kier molecular flexibility index (Phi) is 2.71. The predicted octanol–water partition coefficient (Wildman–Crippen LogP) is 2.41. The molecule has 0 aliphatic heterocycles. The smallest absolute Gasteiger partial charge is 0.129 e. The van der Waals surface area contributed by atoms with E-state index in [-0.39, 0.29) is 6.04 Å². The number of rotatable bonds is 1. The van der Waals surface area contributed by atoms with Crippen LogP contribution in [-0.4, -0.2) is 4.98 Å². The van der Waals surface area contributed by atoms with Crippen molar-refractivity contribution in [3.63, 3.8) is 0 Å². The van der Waals surface area contributed by atoms with Crippen LogP contribution in [-0.2, 0) is 0 Å². The molecule has 0 saturated heterocycles. The van der Waals surface area contributed by atoms with Gasteiger partial charge in [-0.25, -0.2) is 4.98 Å². The Morgan fingerprint density at radius 1 is 1.45 bits per heavy atom. The van der Waals surface area contributed by atoms with Gasteiger partial charge in [0, 0.05) is 6.04 Å². The SMILES string of the molecule is CC(N)c1nc(Cl)ccc1Cl. The molecule has 1 rings (SSSR count). The van der Waals surface area contributed by atoms with E-state index in [9.17, 15) is 0 Å². The van der Waals surface area contributed by atoms with Gasteiger partial charge in [0.1, 0.15) is 5.15 Å². The molecule has 2 N–H and O–H groups in total. The molecular formula is C7H8Cl2N2. The van der Waals surface area contributed by atoms with E-state index < -0.39 is 0 Å². The van der Waals surface area contributed by atoms with E-state index >= 15 is 0 Å². The third kappa shape index (κ3) is 2.06. The summed E-state index contributed by atoms with van der Waals surface area (Å²) in [6.07, 6.45) is 0. The van der Waals surface area contributed by atoms with Crippen molar-refractivity contribution in [3.8, 4) is 0 Å². The van der Waals surface area contributed by atoms with Gasteiger partial charge < -0.3 is 5.73 Å². The van der Waals surface area contributed by atoms with Crippen LogP contribution in [0.15, 0.2) is 12.1 Å². The standard InChI is InChI=1S/C7H8Cl2N2/c1-4(10)7-5(8)2-3-6(9)11-7/h2-4H,10H2,1H3. The number of pyridine rings is 1. The summed E-state index contributed by atoms with van der Waals surface area (Å²) >= 11 is 11.4. The Balaban J connectivity index is 3.13.